The summed E-state index contributed by atoms with van der Waals surface area (Å²) in [5.74, 6) is 0.612. The number of methoxy groups -OCH3 is 1. The Morgan fingerprint density at radius 1 is 1.14 bits per heavy atom. The summed E-state index contributed by atoms with van der Waals surface area (Å²) in [5.41, 5.74) is 6.79. The summed E-state index contributed by atoms with van der Waals surface area (Å²) < 4.78 is 33.8. The Kier molecular flexibility index (Phi) is 4.46. The molecule has 0 bridgehead atoms. The summed E-state index contributed by atoms with van der Waals surface area (Å²) in [7, 11) is -2.34. The van der Waals surface area contributed by atoms with Crippen molar-refractivity contribution in [2.45, 2.75) is 11.5 Å². The van der Waals surface area contributed by atoms with Gasteiger partial charge in [-0.2, -0.15) is 0 Å². The van der Waals surface area contributed by atoms with Gasteiger partial charge in [0.1, 0.15) is 16.4 Å². The van der Waals surface area contributed by atoms with Gasteiger partial charge in [-0.15, -0.1) is 0 Å². The maximum atomic E-state index is 11.6. The first-order valence-electron chi connectivity index (χ1n) is 6.08. The zero-order valence-electron chi connectivity index (χ0n) is 11.4. The molecule has 4 N–H and O–H groups in total. The van der Waals surface area contributed by atoms with Crippen molar-refractivity contribution >= 4 is 15.7 Å². The second-order valence-electron chi connectivity index (χ2n) is 4.43. The molecule has 0 aromatic heterocycles. The Labute approximate surface area is 123 Å². The molecule has 0 fully saturated rings. The fraction of sp³-hybridized carbons (Fsp3) is 0.143. The second kappa shape index (κ2) is 6.13. The highest BCUT2D eigenvalue weighted by atomic mass is 32.2. The van der Waals surface area contributed by atoms with Gasteiger partial charge in [-0.3, -0.25) is 0 Å². The summed E-state index contributed by atoms with van der Waals surface area (Å²) in [4.78, 5) is -0.153. The van der Waals surface area contributed by atoms with Crippen molar-refractivity contribution in [1.29, 1.82) is 0 Å². The predicted octanol–water partition coefficient (Wildman–Crippen LogP) is 1.85. The van der Waals surface area contributed by atoms with E-state index in [1.165, 1.54) is 12.1 Å². The molecule has 0 amide bonds. The van der Waals surface area contributed by atoms with Crippen molar-refractivity contribution < 1.29 is 17.9 Å². The zero-order chi connectivity index (χ0) is 15.5. The average Bonchev–Trinajstić information content (AvgIpc) is 2.40. The van der Waals surface area contributed by atoms with E-state index in [0.29, 0.717) is 18.0 Å². The molecule has 0 radical (unpaired) electrons. The summed E-state index contributed by atoms with van der Waals surface area (Å²) >= 11 is 0. The molecule has 2 aromatic rings. The van der Waals surface area contributed by atoms with Gasteiger partial charge in [-0.1, -0.05) is 12.1 Å². The van der Waals surface area contributed by atoms with Crippen LogP contribution in [0.4, 0.5) is 5.69 Å². The van der Waals surface area contributed by atoms with Gasteiger partial charge < -0.3 is 15.2 Å². The number of nitrogens with two attached hydrogens (primary N) is 2. The predicted molar refractivity (Wildman–Crippen MR) is 79.5 cm³/mol. The van der Waals surface area contributed by atoms with Gasteiger partial charge in [0.2, 0.25) is 10.0 Å². The molecule has 0 unspecified atom stereocenters. The SMILES string of the molecule is COCc1cccc(Oc2ccc(N)cc2S(N)(=O)=O)c1. The van der Waals surface area contributed by atoms with Crippen LogP contribution in [-0.4, -0.2) is 15.5 Å². The summed E-state index contributed by atoms with van der Waals surface area (Å²) in [6.07, 6.45) is 0. The fourth-order valence-electron chi connectivity index (χ4n) is 1.82. The highest BCUT2D eigenvalue weighted by Gasteiger charge is 2.16. The Bertz CT molecular complexity index is 744. The van der Waals surface area contributed by atoms with Crippen molar-refractivity contribution in [3.8, 4) is 11.5 Å². The third kappa shape index (κ3) is 3.94. The van der Waals surface area contributed by atoms with E-state index in [2.05, 4.69) is 0 Å². The molecule has 0 atom stereocenters. The maximum Gasteiger partial charge on any atom is 0.241 e. The van der Waals surface area contributed by atoms with E-state index in [-0.39, 0.29) is 10.6 Å². The van der Waals surface area contributed by atoms with Crippen molar-refractivity contribution in [2.24, 2.45) is 5.14 Å². The highest BCUT2D eigenvalue weighted by molar-refractivity contribution is 7.89. The zero-order valence-corrected chi connectivity index (χ0v) is 12.3. The largest absolute Gasteiger partial charge is 0.456 e. The lowest BCUT2D eigenvalue weighted by atomic mass is 10.2. The minimum Gasteiger partial charge on any atom is -0.456 e. The molecule has 2 rings (SSSR count). The van der Waals surface area contributed by atoms with Crippen molar-refractivity contribution in [3.63, 3.8) is 0 Å². The molecule has 0 heterocycles. The molecule has 0 saturated carbocycles. The van der Waals surface area contributed by atoms with E-state index in [1.807, 2.05) is 6.07 Å². The van der Waals surface area contributed by atoms with E-state index in [1.54, 1.807) is 31.4 Å². The molecule has 0 aliphatic carbocycles. The Morgan fingerprint density at radius 3 is 2.57 bits per heavy atom. The number of benzene rings is 2. The van der Waals surface area contributed by atoms with Crippen LogP contribution in [-0.2, 0) is 21.4 Å². The van der Waals surface area contributed by atoms with Gasteiger partial charge >= 0.3 is 0 Å². The quantitative estimate of drug-likeness (QED) is 0.820. The summed E-state index contributed by atoms with van der Waals surface area (Å²) in [6, 6.07) is 11.4. The van der Waals surface area contributed by atoms with Crippen LogP contribution in [0.15, 0.2) is 47.4 Å². The lowest BCUT2D eigenvalue weighted by molar-refractivity contribution is 0.184. The number of hydrogen-bond donors (Lipinski definition) is 2. The fourth-order valence-corrected chi connectivity index (χ4v) is 2.51. The van der Waals surface area contributed by atoms with Crippen molar-refractivity contribution in [3.05, 3.63) is 48.0 Å². The molecule has 2 aromatic carbocycles. The van der Waals surface area contributed by atoms with E-state index in [9.17, 15) is 8.42 Å². The number of ether oxygens (including phenoxy) is 2. The Hall–Kier alpha value is -2.09. The minimum atomic E-state index is -3.93. The lowest BCUT2D eigenvalue weighted by Crippen LogP contribution is -2.13. The molecule has 6 nitrogen and oxygen atoms in total. The summed E-state index contributed by atoms with van der Waals surface area (Å²) in [5, 5.41) is 5.17. The normalized spacial score (nSPS) is 11.3. The van der Waals surface area contributed by atoms with Crippen LogP contribution in [0.2, 0.25) is 0 Å². The first kappa shape index (κ1) is 15.3. The van der Waals surface area contributed by atoms with Crippen LogP contribution in [0.3, 0.4) is 0 Å². The van der Waals surface area contributed by atoms with Gasteiger partial charge in [0, 0.05) is 12.8 Å². The number of anilines is 1. The topological polar surface area (TPSA) is 105 Å². The average molecular weight is 308 g/mol. The van der Waals surface area contributed by atoms with Gasteiger partial charge in [-0.05, 0) is 35.9 Å². The molecule has 0 aliphatic heterocycles. The standard InChI is InChI=1S/C14H16N2O4S/c1-19-9-10-3-2-4-12(7-10)20-13-6-5-11(15)8-14(13)21(16,17)18/h2-8H,9,15H2,1H3,(H2,16,17,18). The van der Waals surface area contributed by atoms with Crippen molar-refractivity contribution in [2.75, 3.05) is 12.8 Å². The maximum absolute atomic E-state index is 11.6. The molecule has 112 valence electrons. The number of rotatable bonds is 5. The van der Waals surface area contributed by atoms with Crippen LogP contribution in [0.5, 0.6) is 11.5 Å². The van der Waals surface area contributed by atoms with E-state index < -0.39 is 10.0 Å². The molecular weight excluding hydrogens is 292 g/mol. The number of sulfonamides is 1. The first-order valence-corrected chi connectivity index (χ1v) is 7.63. The van der Waals surface area contributed by atoms with Gasteiger partial charge in [0.05, 0.1) is 6.61 Å². The van der Waals surface area contributed by atoms with Crippen LogP contribution in [0.25, 0.3) is 0 Å². The van der Waals surface area contributed by atoms with Gasteiger partial charge in [0.25, 0.3) is 0 Å². The Balaban J connectivity index is 2.38. The molecular formula is C14H16N2O4S. The van der Waals surface area contributed by atoms with Gasteiger partial charge in [-0.25, -0.2) is 13.6 Å². The van der Waals surface area contributed by atoms with Crippen LogP contribution >= 0.6 is 0 Å². The monoisotopic (exact) mass is 308 g/mol. The highest BCUT2D eigenvalue weighted by Crippen LogP contribution is 2.30. The molecule has 0 saturated heterocycles. The number of hydrogen-bond acceptors (Lipinski definition) is 5. The van der Waals surface area contributed by atoms with Gasteiger partial charge in [0.15, 0.2) is 0 Å². The summed E-state index contributed by atoms with van der Waals surface area (Å²) in [6.45, 7) is 0.432. The van der Waals surface area contributed by atoms with Crippen LogP contribution < -0.4 is 15.6 Å². The molecule has 0 spiro atoms. The molecule has 7 heteroatoms. The van der Waals surface area contributed by atoms with Crippen LogP contribution in [0, 0.1) is 0 Å². The minimum absolute atomic E-state index is 0.126. The van der Waals surface area contributed by atoms with E-state index in [0.717, 1.165) is 5.56 Å². The van der Waals surface area contributed by atoms with E-state index >= 15 is 0 Å². The smallest absolute Gasteiger partial charge is 0.241 e. The van der Waals surface area contributed by atoms with Crippen LogP contribution in [0.1, 0.15) is 5.56 Å². The molecule has 0 aliphatic rings. The van der Waals surface area contributed by atoms with Crippen molar-refractivity contribution in [1.82, 2.24) is 0 Å². The molecule has 21 heavy (non-hydrogen) atoms. The third-order valence-corrected chi connectivity index (χ3v) is 3.64. The first-order chi connectivity index (χ1) is 9.90. The lowest BCUT2D eigenvalue weighted by Gasteiger charge is -2.11. The van der Waals surface area contributed by atoms with E-state index in [4.69, 9.17) is 20.3 Å². The number of primary sulfonamides is 1. The Morgan fingerprint density at radius 2 is 1.90 bits per heavy atom. The second-order valence-corrected chi connectivity index (χ2v) is 5.96. The number of nitrogen functional groups attached to an aromatic ring is 1. The third-order valence-electron chi connectivity index (χ3n) is 2.71.